The average molecular weight is 309 g/mol. The normalized spacial score (nSPS) is 10.3. The van der Waals surface area contributed by atoms with Crippen LogP contribution < -0.4 is 10.1 Å². The van der Waals surface area contributed by atoms with E-state index in [-0.39, 0.29) is 5.91 Å². The Hall–Kier alpha value is -3.15. The van der Waals surface area contributed by atoms with E-state index in [0.29, 0.717) is 28.8 Å². The summed E-state index contributed by atoms with van der Waals surface area (Å²) in [4.78, 5) is 12.3. The van der Waals surface area contributed by atoms with Crippen molar-refractivity contribution in [1.82, 2.24) is 10.2 Å². The van der Waals surface area contributed by atoms with E-state index in [1.165, 1.54) is 0 Å². The minimum atomic E-state index is -0.220. The van der Waals surface area contributed by atoms with E-state index < -0.39 is 0 Å². The van der Waals surface area contributed by atoms with Crippen LogP contribution in [0.2, 0.25) is 0 Å². The lowest BCUT2D eigenvalue weighted by Crippen LogP contribution is -2.11. The highest BCUT2D eigenvalue weighted by Gasteiger charge is 2.10. The number of benzene rings is 2. The number of carbonyl (C=O) groups is 1. The lowest BCUT2D eigenvalue weighted by atomic mass is 10.1. The van der Waals surface area contributed by atoms with Crippen LogP contribution in [0.15, 0.2) is 52.9 Å². The molecule has 0 unspecified atom stereocenters. The number of aromatic nitrogens is 2. The van der Waals surface area contributed by atoms with E-state index >= 15 is 0 Å². The first-order valence-electron chi connectivity index (χ1n) is 7.01. The number of nitrogens with one attached hydrogen (secondary N) is 1. The van der Waals surface area contributed by atoms with Crippen molar-refractivity contribution < 1.29 is 13.9 Å². The molecule has 1 aromatic heterocycles. The highest BCUT2D eigenvalue weighted by Crippen LogP contribution is 2.22. The summed E-state index contributed by atoms with van der Waals surface area (Å²) in [5.74, 6) is 1.32. The number of anilines is 1. The number of nitrogens with zero attached hydrogens (tertiary/aromatic N) is 2. The van der Waals surface area contributed by atoms with Gasteiger partial charge in [-0.1, -0.05) is 12.1 Å². The van der Waals surface area contributed by atoms with Crippen molar-refractivity contribution in [3.8, 4) is 17.2 Å². The smallest absolute Gasteiger partial charge is 0.255 e. The summed E-state index contributed by atoms with van der Waals surface area (Å²) >= 11 is 0. The largest absolute Gasteiger partial charge is 0.497 e. The number of methoxy groups -OCH3 is 1. The first-order chi connectivity index (χ1) is 11.2. The Kier molecular flexibility index (Phi) is 4.05. The molecule has 0 atom stereocenters. The molecule has 2 aromatic carbocycles. The van der Waals surface area contributed by atoms with Gasteiger partial charge in [-0.15, -0.1) is 10.2 Å². The second-order valence-electron chi connectivity index (χ2n) is 4.89. The molecule has 3 aromatic rings. The quantitative estimate of drug-likeness (QED) is 0.800. The number of rotatable bonds is 4. The Balaban J connectivity index is 1.81. The number of aryl methyl sites for hydroxylation is 1. The van der Waals surface area contributed by atoms with Crippen LogP contribution in [0.5, 0.6) is 5.75 Å². The number of hydrogen-bond donors (Lipinski definition) is 1. The summed E-state index contributed by atoms with van der Waals surface area (Å²) in [5.41, 5.74) is 1.91. The molecule has 1 heterocycles. The van der Waals surface area contributed by atoms with Crippen LogP contribution in [0.4, 0.5) is 5.69 Å². The van der Waals surface area contributed by atoms with Crippen LogP contribution in [0.25, 0.3) is 11.5 Å². The molecule has 0 spiro atoms. The molecule has 1 N–H and O–H groups in total. The van der Waals surface area contributed by atoms with Crippen molar-refractivity contribution >= 4 is 11.6 Å². The lowest BCUT2D eigenvalue weighted by Gasteiger charge is -2.07. The SMILES string of the molecule is COc1cccc(C(=O)Nc2cccc(-c3nnc(C)o3)c2)c1. The van der Waals surface area contributed by atoms with Gasteiger partial charge in [0.2, 0.25) is 11.8 Å². The van der Waals surface area contributed by atoms with E-state index in [0.717, 1.165) is 5.56 Å². The molecule has 3 rings (SSSR count). The Bertz CT molecular complexity index is 842. The number of carbonyl (C=O) groups excluding carboxylic acids is 1. The second-order valence-corrected chi connectivity index (χ2v) is 4.89. The maximum absolute atomic E-state index is 12.3. The molecule has 1 amide bonds. The first kappa shape index (κ1) is 14.8. The topological polar surface area (TPSA) is 77.2 Å². The van der Waals surface area contributed by atoms with Gasteiger partial charge in [0.25, 0.3) is 5.91 Å². The molecule has 116 valence electrons. The second kappa shape index (κ2) is 6.31. The van der Waals surface area contributed by atoms with Gasteiger partial charge in [-0.2, -0.15) is 0 Å². The van der Waals surface area contributed by atoms with Crippen molar-refractivity contribution in [3.05, 3.63) is 60.0 Å². The maximum atomic E-state index is 12.3. The van der Waals surface area contributed by atoms with Gasteiger partial charge in [-0.25, -0.2) is 0 Å². The molecule has 0 radical (unpaired) electrons. The molecule has 0 bridgehead atoms. The lowest BCUT2D eigenvalue weighted by molar-refractivity contribution is 0.102. The molecule has 0 aliphatic heterocycles. The zero-order valence-corrected chi connectivity index (χ0v) is 12.7. The van der Waals surface area contributed by atoms with Gasteiger partial charge in [0, 0.05) is 23.7 Å². The van der Waals surface area contributed by atoms with E-state index in [2.05, 4.69) is 15.5 Å². The molecule has 0 aliphatic carbocycles. The van der Waals surface area contributed by atoms with Crippen molar-refractivity contribution in [3.63, 3.8) is 0 Å². The molecule has 6 heteroatoms. The van der Waals surface area contributed by atoms with Gasteiger partial charge < -0.3 is 14.5 Å². The van der Waals surface area contributed by atoms with Crippen LogP contribution in [0.1, 0.15) is 16.2 Å². The standard InChI is InChI=1S/C17H15N3O3/c1-11-19-20-17(23-11)13-6-3-7-14(9-13)18-16(21)12-5-4-8-15(10-12)22-2/h3-10H,1-2H3,(H,18,21). The van der Waals surface area contributed by atoms with Crippen LogP contribution in [-0.4, -0.2) is 23.2 Å². The van der Waals surface area contributed by atoms with Gasteiger partial charge in [0.1, 0.15) is 5.75 Å². The third-order valence-corrected chi connectivity index (χ3v) is 3.23. The summed E-state index contributed by atoms with van der Waals surface area (Å²) in [6.07, 6.45) is 0. The zero-order valence-electron chi connectivity index (χ0n) is 12.7. The number of amides is 1. The van der Waals surface area contributed by atoms with Crippen LogP contribution in [-0.2, 0) is 0 Å². The van der Waals surface area contributed by atoms with E-state index in [9.17, 15) is 4.79 Å². The Morgan fingerprint density at radius 1 is 1.13 bits per heavy atom. The minimum Gasteiger partial charge on any atom is -0.497 e. The summed E-state index contributed by atoms with van der Waals surface area (Å²) in [6, 6.07) is 14.2. The molecule has 6 nitrogen and oxygen atoms in total. The van der Waals surface area contributed by atoms with Crippen molar-refractivity contribution in [2.45, 2.75) is 6.92 Å². The molecule has 0 fully saturated rings. The predicted molar refractivity (Wildman–Crippen MR) is 85.4 cm³/mol. The molecular weight excluding hydrogens is 294 g/mol. The van der Waals surface area contributed by atoms with E-state index in [1.807, 2.05) is 12.1 Å². The maximum Gasteiger partial charge on any atom is 0.255 e. The third-order valence-electron chi connectivity index (χ3n) is 3.23. The van der Waals surface area contributed by atoms with E-state index in [4.69, 9.17) is 9.15 Å². The summed E-state index contributed by atoms with van der Waals surface area (Å²) in [5, 5.41) is 10.6. The predicted octanol–water partition coefficient (Wildman–Crippen LogP) is 3.31. The molecule has 0 saturated heterocycles. The average Bonchev–Trinajstić information content (AvgIpc) is 3.02. The van der Waals surface area contributed by atoms with Gasteiger partial charge in [-0.3, -0.25) is 4.79 Å². The number of hydrogen-bond acceptors (Lipinski definition) is 5. The van der Waals surface area contributed by atoms with Crippen molar-refractivity contribution in [2.75, 3.05) is 12.4 Å². The van der Waals surface area contributed by atoms with Gasteiger partial charge >= 0.3 is 0 Å². The van der Waals surface area contributed by atoms with Crippen LogP contribution >= 0.6 is 0 Å². The van der Waals surface area contributed by atoms with Gasteiger partial charge in [0.05, 0.1) is 7.11 Å². The van der Waals surface area contributed by atoms with Gasteiger partial charge in [-0.05, 0) is 36.4 Å². The molecule has 0 saturated carbocycles. The third kappa shape index (κ3) is 3.37. The van der Waals surface area contributed by atoms with E-state index in [1.54, 1.807) is 50.4 Å². The highest BCUT2D eigenvalue weighted by atomic mass is 16.5. The first-order valence-corrected chi connectivity index (χ1v) is 7.01. The van der Waals surface area contributed by atoms with Crippen LogP contribution in [0, 0.1) is 6.92 Å². The summed E-state index contributed by atoms with van der Waals surface area (Å²) in [6.45, 7) is 1.73. The fourth-order valence-electron chi connectivity index (χ4n) is 2.11. The number of ether oxygens (including phenoxy) is 1. The fourth-order valence-corrected chi connectivity index (χ4v) is 2.11. The molecule has 0 aliphatic rings. The Morgan fingerprint density at radius 2 is 1.96 bits per heavy atom. The highest BCUT2D eigenvalue weighted by molar-refractivity contribution is 6.04. The Morgan fingerprint density at radius 3 is 2.70 bits per heavy atom. The van der Waals surface area contributed by atoms with Crippen molar-refractivity contribution in [1.29, 1.82) is 0 Å². The molecular formula is C17H15N3O3. The van der Waals surface area contributed by atoms with Crippen molar-refractivity contribution in [2.24, 2.45) is 0 Å². The minimum absolute atomic E-state index is 0.220. The summed E-state index contributed by atoms with van der Waals surface area (Å²) < 4.78 is 10.5. The zero-order chi connectivity index (χ0) is 16.2. The Labute approximate surface area is 133 Å². The van der Waals surface area contributed by atoms with Gasteiger partial charge in [0.15, 0.2) is 0 Å². The molecule has 23 heavy (non-hydrogen) atoms. The monoisotopic (exact) mass is 309 g/mol. The fraction of sp³-hybridized carbons (Fsp3) is 0.118. The van der Waals surface area contributed by atoms with Crippen LogP contribution in [0.3, 0.4) is 0 Å². The summed E-state index contributed by atoms with van der Waals surface area (Å²) in [7, 11) is 1.56.